The van der Waals surface area contributed by atoms with E-state index in [0.717, 1.165) is 12.1 Å². The lowest BCUT2D eigenvalue weighted by molar-refractivity contribution is 0.262. The summed E-state index contributed by atoms with van der Waals surface area (Å²) >= 11 is 0. The number of imidazole rings is 1. The van der Waals surface area contributed by atoms with E-state index in [1.54, 1.807) is 25.8 Å². The Balaban J connectivity index is 1.57. The van der Waals surface area contributed by atoms with Crippen LogP contribution < -0.4 is 10.6 Å². The zero-order valence-corrected chi connectivity index (χ0v) is 12.0. The van der Waals surface area contributed by atoms with E-state index in [4.69, 9.17) is 0 Å². The van der Waals surface area contributed by atoms with Gasteiger partial charge in [-0.25, -0.2) is 9.78 Å². The summed E-state index contributed by atoms with van der Waals surface area (Å²) in [5.74, 6) is 0.400. The Bertz CT molecular complexity index is 746. The molecule has 1 aromatic carbocycles. The standard InChI is InChI=1S/C14H15N7O/c1-20-9-13(18-19-20)17-14(22)16-12-4-2-11(3-5-12)8-21-7-6-15-10-21/h2-7,9-10H,8H2,1H3,(H2,16,17,22). The topological polar surface area (TPSA) is 89.7 Å². The predicted molar refractivity (Wildman–Crippen MR) is 81.4 cm³/mol. The molecule has 3 aromatic rings. The van der Waals surface area contributed by atoms with Gasteiger partial charge in [-0.1, -0.05) is 17.3 Å². The van der Waals surface area contributed by atoms with Crippen molar-refractivity contribution in [3.63, 3.8) is 0 Å². The highest BCUT2D eigenvalue weighted by atomic mass is 16.2. The SMILES string of the molecule is Cn1cc(NC(=O)Nc2ccc(Cn3ccnc3)cc2)nn1. The maximum atomic E-state index is 11.8. The van der Waals surface area contributed by atoms with Crippen molar-refractivity contribution < 1.29 is 4.79 Å². The summed E-state index contributed by atoms with van der Waals surface area (Å²) in [6.07, 6.45) is 7.03. The van der Waals surface area contributed by atoms with Crippen LogP contribution >= 0.6 is 0 Å². The molecule has 2 N–H and O–H groups in total. The number of carbonyl (C=O) groups excluding carboxylic acids is 1. The second kappa shape index (κ2) is 6.08. The molecule has 0 saturated carbocycles. The molecule has 0 atom stereocenters. The van der Waals surface area contributed by atoms with Crippen LogP contribution in [0.3, 0.4) is 0 Å². The number of aromatic nitrogens is 5. The van der Waals surface area contributed by atoms with Crippen LogP contribution in [0.5, 0.6) is 0 Å². The van der Waals surface area contributed by atoms with Gasteiger partial charge in [0.05, 0.1) is 12.5 Å². The molecule has 0 saturated heterocycles. The lowest BCUT2D eigenvalue weighted by Gasteiger charge is -2.07. The molecule has 112 valence electrons. The third kappa shape index (κ3) is 3.48. The number of urea groups is 1. The number of nitrogens with one attached hydrogen (secondary N) is 2. The van der Waals surface area contributed by atoms with Crippen molar-refractivity contribution in [3.8, 4) is 0 Å². The Morgan fingerprint density at radius 1 is 1.23 bits per heavy atom. The molecule has 2 amide bonds. The van der Waals surface area contributed by atoms with Crippen LogP contribution in [-0.4, -0.2) is 30.6 Å². The van der Waals surface area contributed by atoms with Crippen LogP contribution in [-0.2, 0) is 13.6 Å². The monoisotopic (exact) mass is 297 g/mol. The third-order valence-electron chi connectivity index (χ3n) is 2.98. The van der Waals surface area contributed by atoms with Crippen LogP contribution in [0, 0.1) is 0 Å². The average molecular weight is 297 g/mol. The van der Waals surface area contributed by atoms with E-state index in [1.165, 1.54) is 4.68 Å². The van der Waals surface area contributed by atoms with Gasteiger partial charge in [0.2, 0.25) is 0 Å². The molecule has 8 nitrogen and oxygen atoms in total. The van der Waals surface area contributed by atoms with Gasteiger partial charge in [0, 0.05) is 31.7 Å². The number of amides is 2. The molecule has 0 aliphatic carbocycles. The lowest BCUT2D eigenvalue weighted by Crippen LogP contribution is -2.19. The summed E-state index contributed by atoms with van der Waals surface area (Å²) in [7, 11) is 1.73. The van der Waals surface area contributed by atoms with Crippen molar-refractivity contribution in [1.29, 1.82) is 0 Å². The van der Waals surface area contributed by atoms with Gasteiger partial charge in [0.15, 0.2) is 5.82 Å². The van der Waals surface area contributed by atoms with E-state index in [0.29, 0.717) is 11.5 Å². The molecule has 22 heavy (non-hydrogen) atoms. The normalized spacial score (nSPS) is 10.4. The number of hydrogen-bond donors (Lipinski definition) is 2. The fraction of sp³-hybridized carbons (Fsp3) is 0.143. The second-order valence-electron chi connectivity index (χ2n) is 4.79. The molecule has 0 aliphatic rings. The smallest absolute Gasteiger partial charge is 0.324 e. The first-order chi connectivity index (χ1) is 10.7. The number of hydrogen-bond acceptors (Lipinski definition) is 4. The van der Waals surface area contributed by atoms with Gasteiger partial charge in [0.1, 0.15) is 0 Å². The van der Waals surface area contributed by atoms with Gasteiger partial charge in [0.25, 0.3) is 0 Å². The Morgan fingerprint density at radius 3 is 2.68 bits per heavy atom. The summed E-state index contributed by atoms with van der Waals surface area (Å²) in [6, 6.07) is 7.25. The van der Waals surface area contributed by atoms with Gasteiger partial charge < -0.3 is 9.88 Å². The number of carbonyl (C=O) groups is 1. The third-order valence-corrected chi connectivity index (χ3v) is 2.98. The fourth-order valence-electron chi connectivity index (χ4n) is 1.97. The minimum atomic E-state index is -0.358. The van der Waals surface area contributed by atoms with E-state index < -0.39 is 0 Å². The highest BCUT2D eigenvalue weighted by Gasteiger charge is 2.05. The van der Waals surface area contributed by atoms with Crippen LogP contribution in [0.4, 0.5) is 16.3 Å². The molecular formula is C14H15N7O. The molecule has 3 rings (SSSR count). The van der Waals surface area contributed by atoms with Gasteiger partial charge in [-0.2, -0.15) is 0 Å². The van der Waals surface area contributed by atoms with Crippen LogP contribution in [0.2, 0.25) is 0 Å². The van der Waals surface area contributed by atoms with Crippen molar-refractivity contribution >= 4 is 17.5 Å². The first-order valence-corrected chi connectivity index (χ1v) is 6.68. The zero-order valence-electron chi connectivity index (χ0n) is 12.0. The van der Waals surface area contributed by atoms with Gasteiger partial charge in [-0.05, 0) is 17.7 Å². The van der Waals surface area contributed by atoms with E-state index in [1.807, 2.05) is 35.0 Å². The minimum Gasteiger partial charge on any atom is -0.333 e. The van der Waals surface area contributed by atoms with E-state index in [9.17, 15) is 4.79 Å². The maximum Gasteiger partial charge on any atom is 0.324 e. The van der Waals surface area contributed by atoms with Crippen LogP contribution in [0.1, 0.15) is 5.56 Å². The van der Waals surface area contributed by atoms with E-state index in [-0.39, 0.29) is 6.03 Å². The summed E-state index contributed by atoms with van der Waals surface area (Å²) in [6.45, 7) is 0.742. The fourth-order valence-corrected chi connectivity index (χ4v) is 1.97. The Hall–Kier alpha value is -3.16. The summed E-state index contributed by atoms with van der Waals surface area (Å²) in [5, 5.41) is 12.9. The Morgan fingerprint density at radius 2 is 2.05 bits per heavy atom. The van der Waals surface area contributed by atoms with Gasteiger partial charge in [-0.15, -0.1) is 5.10 Å². The van der Waals surface area contributed by atoms with Crippen LogP contribution in [0.25, 0.3) is 0 Å². The Kier molecular flexibility index (Phi) is 3.82. The summed E-state index contributed by atoms with van der Waals surface area (Å²) in [4.78, 5) is 15.8. The molecule has 0 spiro atoms. The predicted octanol–water partition coefficient (Wildman–Crippen LogP) is 1.70. The molecule has 2 heterocycles. The van der Waals surface area contributed by atoms with Gasteiger partial charge in [-0.3, -0.25) is 10.00 Å². The average Bonchev–Trinajstić information content (AvgIpc) is 3.13. The number of anilines is 2. The molecule has 0 aliphatic heterocycles. The molecule has 0 bridgehead atoms. The highest BCUT2D eigenvalue weighted by molar-refractivity contribution is 5.98. The molecule has 2 aromatic heterocycles. The summed E-state index contributed by atoms with van der Waals surface area (Å²) in [5.41, 5.74) is 1.83. The van der Waals surface area contributed by atoms with Crippen molar-refractivity contribution in [3.05, 3.63) is 54.7 Å². The number of nitrogens with zero attached hydrogens (tertiary/aromatic N) is 5. The first-order valence-electron chi connectivity index (χ1n) is 6.68. The molecule has 8 heteroatoms. The first kappa shape index (κ1) is 13.8. The van der Waals surface area contributed by atoms with E-state index in [2.05, 4.69) is 25.9 Å². The minimum absolute atomic E-state index is 0.358. The highest BCUT2D eigenvalue weighted by Crippen LogP contribution is 2.11. The lowest BCUT2D eigenvalue weighted by atomic mass is 10.2. The molecule has 0 unspecified atom stereocenters. The zero-order chi connectivity index (χ0) is 15.4. The summed E-state index contributed by atoms with van der Waals surface area (Å²) < 4.78 is 3.49. The van der Waals surface area contributed by atoms with Crippen molar-refractivity contribution in [2.75, 3.05) is 10.6 Å². The van der Waals surface area contributed by atoms with Crippen molar-refractivity contribution in [2.24, 2.45) is 7.05 Å². The van der Waals surface area contributed by atoms with Gasteiger partial charge >= 0.3 is 6.03 Å². The van der Waals surface area contributed by atoms with Crippen LogP contribution in [0.15, 0.2) is 49.2 Å². The van der Waals surface area contributed by atoms with Crippen molar-refractivity contribution in [1.82, 2.24) is 24.5 Å². The number of rotatable bonds is 4. The molecular weight excluding hydrogens is 282 g/mol. The quantitative estimate of drug-likeness (QED) is 0.767. The van der Waals surface area contributed by atoms with E-state index >= 15 is 0 Å². The second-order valence-corrected chi connectivity index (χ2v) is 4.79. The molecule has 0 radical (unpaired) electrons. The Labute approximate surface area is 126 Å². The number of benzene rings is 1. The number of aryl methyl sites for hydroxylation is 1. The maximum absolute atomic E-state index is 11.8. The molecule has 0 fully saturated rings. The van der Waals surface area contributed by atoms with Crippen molar-refractivity contribution in [2.45, 2.75) is 6.54 Å². The largest absolute Gasteiger partial charge is 0.333 e.